The van der Waals surface area contributed by atoms with Crippen molar-refractivity contribution in [3.8, 4) is 0 Å². The smallest absolute Gasteiger partial charge is 0.294 e. The molecule has 1 aliphatic rings. The average Bonchev–Trinajstić information content (AvgIpc) is 2.46. The second-order valence-corrected chi connectivity index (χ2v) is 5.34. The second kappa shape index (κ2) is 7.02. The number of carbonyl (C=O) groups excluding carboxylic acids is 1. The number of rotatable bonds is 5. The van der Waals surface area contributed by atoms with Crippen molar-refractivity contribution in [2.75, 3.05) is 17.2 Å². The Morgan fingerprint density at radius 1 is 1.50 bits per heavy atom. The van der Waals surface area contributed by atoms with Crippen LogP contribution in [0.5, 0.6) is 0 Å². The predicted octanol–water partition coefficient (Wildman–Crippen LogP) is 3.62. The van der Waals surface area contributed by atoms with Crippen LogP contribution in [0.4, 0.5) is 21.5 Å². The Hall–Kier alpha value is -2.44. The quantitative estimate of drug-likeness (QED) is 0.643. The Labute approximate surface area is 127 Å². The van der Waals surface area contributed by atoms with E-state index < -0.39 is 4.92 Å². The molecule has 0 saturated carbocycles. The molecule has 2 N–H and O–H groups in total. The molecule has 1 atom stereocenters. The fourth-order valence-corrected chi connectivity index (χ4v) is 2.41. The summed E-state index contributed by atoms with van der Waals surface area (Å²) in [6.07, 6.45) is 3.36. The van der Waals surface area contributed by atoms with Crippen molar-refractivity contribution in [3.05, 3.63) is 40.2 Å². The topological polar surface area (TPSA) is 84.3 Å². The summed E-state index contributed by atoms with van der Waals surface area (Å²) < 4.78 is 13.0. The number of anilines is 2. The number of nitrogens with zero attached hydrogens (tertiary/aromatic N) is 1. The molecule has 0 bridgehead atoms. The van der Waals surface area contributed by atoms with Gasteiger partial charge in [-0.2, -0.15) is 0 Å². The van der Waals surface area contributed by atoms with E-state index in [0.717, 1.165) is 6.42 Å². The third kappa shape index (κ3) is 4.28. The highest BCUT2D eigenvalue weighted by Gasteiger charge is 2.18. The van der Waals surface area contributed by atoms with Gasteiger partial charge < -0.3 is 10.6 Å². The van der Waals surface area contributed by atoms with E-state index in [2.05, 4.69) is 10.6 Å². The van der Waals surface area contributed by atoms with Gasteiger partial charge in [-0.15, -0.1) is 0 Å². The van der Waals surface area contributed by atoms with Gasteiger partial charge in [0, 0.05) is 25.2 Å². The Bertz CT molecular complexity index is 616. The zero-order chi connectivity index (χ0) is 16.1. The maximum absolute atomic E-state index is 13.0. The van der Waals surface area contributed by atoms with Gasteiger partial charge in [-0.05, 0) is 37.3 Å². The van der Waals surface area contributed by atoms with Gasteiger partial charge in [0.25, 0.3) is 5.69 Å². The molecule has 7 heteroatoms. The van der Waals surface area contributed by atoms with Crippen molar-refractivity contribution in [1.82, 2.24) is 0 Å². The number of nitro benzene ring substituents is 1. The third-order valence-electron chi connectivity index (χ3n) is 3.56. The van der Waals surface area contributed by atoms with Gasteiger partial charge in [-0.3, -0.25) is 14.9 Å². The summed E-state index contributed by atoms with van der Waals surface area (Å²) in [6.45, 7) is 1.89. The molecule has 0 unspecified atom stereocenters. The lowest BCUT2D eigenvalue weighted by molar-refractivity contribution is -0.383. The summed E-state index contributed by atoms with van der Waals surface area (Å²) in [6, 6.07) is 4.50. The SMILES string of the molecule is CC(=O)Nc1ccc(NC[C@H]2CC=C(F)CC2)c([N+](=O)[O-])c1. The second-order valence-electron chi connectivity index (χ2n) is 5.34. The van der Waals surface area contributed by atoms with Crippen LogP contribution in [0.3, 0.4) is 0 Å². The molecule has 1 aromatic rings. The molecule has 1 aliphatic carbocycles. The number of hydrogen-bond donors (Lipinski definition) is 2. The van der Waals surface area contributed by atoms with Crippen LogP contribution in [0.15, 0.2) is 30.1 Å². The maximum atomic E-state index is 13.0. The van der Waals surface area contributed by atoms with Crippen molar-refractivity contribution in [2.24, 2.45) is 5.92 Å². The van der Waals surface area contributed by atoms with Crippen molar-refractivity contribution < 1.29 is 14.1 Å². The van der Waals surface area contributed by atoms with Crippen LogP contribution in [0.1, 0.15) is 26.2 Å². The Morgan fingerprint density at radius 2 is 2.27 bits per heavy atom. The van der Waals surface area contributed by atoms with Gasteiger partial charge in [0.2, 0.25) is 5.91 Å². The Kier molecular flexibility index (Phi) is 5.08. The van der Waals surface area contributed by atoms with E-state index in [1.165, 1.54) is 13.0 Å². The average molecular weight is 307 g/mol. The first-order valence-electron chi connectivity index (χ1n) is 7.10. The lowest BCUT2D eigenvalue weighted by atomic mass is 9.93. The molecule has 1 aromatic carbocycles. The van der Waals surface area contributed by atoms with Crippen molar-refractivity contribution in [1.29, 1.82) is 0 Å². The summed E-state index contributed by atoms with van der Waals surface area (Å²) in [7, 11) is 0. The minimum Gasteiger partial charge on any atom is -0.379 e. The van der Waals surface area contributed by atoms with Gasteiger partial charge in [0.15, 0.2) is 0 Å². The van der Waals surface area contributed by atoms with Crippen LogP contribution in [0.2, 0.25) is 0 Å². The lowest BCUT2D eigenvalue weighted by Gasteiger charge is -2.19. The normalized spacial score (nSPS) is 17.5. The minimum atomic E-state index is -0.492. The van der Waals surface area contributed by atoms with E-state index in [1.54, 1.807) is 18.2 Å². The molecule has 6 nitrogen and oxygen atoms in total. The number of nitrogens with one attached hydrogen (secondary N) is 2. The van der Waals surface area contributed by atoms with Gasteiger partial charge in [-0.25, -0.2) is 4.39 Å². The van der Waals surface area contributed by atoms with Crippen molar-refractivity contribution in [3.63, 3.8) is 0 Å². The Balaban J connectivity index is 2.06. The molecule has 0 spiro atoms. The monoisotopic (exact) mass is 307 g/mol. The highest BCUT2D eigenvalue weighted by atomic mass is 19.1. The number of nitro groups is 1. The predicted molar refractivity (Wildman–Crippen MR) is 82.4 cm³/mol. The first-order chi connectivity index (χ1) is 10.5. The molecule has 22 heavy (non-hydrogen) atoms. The number of benzene rings is 1. The van der Waals surface area contributed by atoms with Gasteiger partial charge >= 0.3 is 0 Å². The van der Waals surface area contributed by atoms with Crippen LogP contribution in [-0.2, 0) is 4.79 Å². The molecule has 0 fully saturated rings. The fraction of sp³-hybridized carbons (Fsp3) is 0.400. The van der Waals surface area contributed by atoms with E-state index >= 15 is 0 Å². The summed E-state index contributed by atoms with van der Waals surface area (Å²) in [5, 5.41) is 16.7. The van der Waals surface area contributed by atoms with Gasteiger partial charge in [-0.1, -0.05) is 6.08 Å². The van der Waals surface area contributed by atoms with E-state index in [4.69, 9.17) is 0 Å². The first-order valence-corrected chi connectivity index (χ1v) is 7.10. The molecule has 0 aliphatic heterocycles. The largest absolute Gasteiger partial charge is 0.379 e. The standard InChI is InChI=1S/C15H18FN3O3/c1-10(20)18-13-6-7-14(15(8-13)19(21)22)17-9-11-2-4-12(16)5-3-11/h4,6-8,11,17H,2-3,5,9H2,1H3,(H,18,20)/t11-/m0/s1. The summed E-state index contributed by atoms with van der Waals surface area (Å²) >= 11 is 0. The maximum Gasteiger partial charge on any atom is 0.294 e. The summed E-state index contributed by atoms with van der Waals surface area (Å²) in [5.74, 6) is -0.109. The third-order valence-corrected chi connectivity index (χ3v) is 3.56. The zero-order valence-corrected chi connectivity index (χ0v) is 12.3. The molecule has 0 heterocycles. The molecule has 118 valence electrons. The zero-order valence-electron chi connectivity index (χ0n) is 12.3. The highest BCUT2D eigenvalue weighted by molar-refractivity contribution is 5.89. The van der Waals surface area contributed by atoms with E-state index in [0.29, 0.717) is 30.8 Å². The molecule has 2 rings (SSSR count). The van der Waals surface area contributed by atoms with Crippen LogP contribution in [0, 0.1) is 16.0 Å². The molecular formula is C15H18FN3O3. The van der Waals surface area contributed by atoms with Crippen molar-refractivity contribution >= 4 is 23.0 Å². The van der Waals surface area contributed by atoms with Crippen LogP contribution >= 0.6 is 0 Å². The van der Waals surface area contributed by atoms with Crippen molar-refractivity contribution in [2.45, 2.75) is 26.2 Å². The molecule has 1 amide bonds. The van der Waals surface area contributed by atoms with Gasteiger partial charge in [0.05, 0.1) is 10.8 Å². The van der Waals surface area contributed by atoms with Crippen LogP contribution < -0.4 is 10.6 Å². The first kappa shape index (κ1) is 15.9. The fourth-order valence-electron chi connectivity index (χ4n) is 2.41. The summed E-state index contributed by atoms with van der Waals surface area (Å²) in [5.41, 5.74) is 0.685. The number of allylic oxidation sites excluding steroid dienone is 2. The van der Waals surface area contributed by atoms with E-state index in [-0.39, 0.29) is 23.3 Å². The lowest BCUT2D eigenvalue weighted by Crippen LogP contribution is -2.17. The van der Waals surface area contributed by atoms with E-state index in [9.17, 15) is 19.3 Å². The minimum absolute atomic E-state index is 0.0816. The Morgan fingerprint density at radius 3 is 2.86 bits per heavy atom. The van der Waals surface area contributed by atoms with E-state index in [1.807, 2.05) is 0 Å². The number of halogens is 1. The van der Waals surface area contributed by atoms with Crippen LogP contribution in [-0.4, -0.2) is 17.4 Å². The highest BCUT2D eigenvalue weighted by Crippen LogP contribution is 2.30. The molecule has 0 saturated heterocycles. The molecule has 0 aromatic heterocycles. The number of amides is 1. The number of carbonyl (C=O) groups is 1. The molecule has 0 radical (unpaired) electrons. The number of hydrogen-bond acceptors (Lipinski definition) is 4. The van der Waals surface area contributed by atoms with Gasteiger partial charge in [0.1, 0.15) is 5.69 Å². The molecular weight excluding hydrogens is 289 g/mol. The summed E-state index contributed by atoms with van der Waals surface area (Å²) in [4.78, 5) is 21.7. The van der Waals surface area contributed by atoms with Crippen LogP contribution in [0.25, 0.3) is 0 Å².